The van der Waals surface area contributed by atoms with Gasteiger partial charge in [0, 0.05) is 12.1 Å². The second-order valence-electron chi connectivity index (χ2n) is 4.38. The van der Waals surface area contributed by atoms with E-state index in [0.29, 0.717) is 22.4 Å². The SMILES string of the molecule is Cc1cccc(NCc2cc(C#N)ccc2F)c1C#N. The summed E-state index contributed by atoms with van der Waals surface area (Å²) in [4.78, 5) is 0. The molecule has 0 bridgehead atoms. The first kappa shape index (κ1) is 13.6. The Balaban J connectivity index is 2.24. The minimum Gasteiger partial charge on any atom is -0.380 e. The largest absolute Gasteiger partial charge is 0.380 e. The van der Waals surface area contributed by atoms with Crippen LogP contribution < -0.4 is 5.32 Å². The number of rotatable bonds is 3. The van der Waals surface area contributed by atoms with Crippen LogP contribution in [0.15, 0.2) is 36.4 Å². The molecular weight excluding hydrogens is 253 g/mol. The summed E-state index contributed by atoms with van der Waals surface area (Å²) in [6, 6.07) is 13.8. The first-order valence-electron chi connectivity index (χ1n) is 6.08. The van der Waals surface area contributed by atoms with Gasteiger partial charge in [0.2, 0.25) is 0 Å². The van der Waals surface area contributed by atoms with Gasteiger partial charge in [0.25, 0.3) is 0 Å². The van der Waals surface area contributed by atoms with Gasteiger partial charge < -0.3 is 5.32 Å². The molecule has 0 aliphatic carbocycles. The Morgan fingerprint density at radius 1 is 1.15 bits per heavy atom. The molecule has 0 saturated heterocycles. The summed E-state index contributed by atoms with van der Waals surface area (Å²) in [5, 5.41) is 21.0. The molecule has 20 heavy (non-hydrogen) atoms. The van der Waals surface area contributed by atoms with E-state index in [1.807, 2.05) is 25.1 Å². The lowest BCUT2D eigenvalue weighted by molar-refractivity contribution is 0.612. The van der Waals surface area contributed by atoms with Crippen LogP contribution in [0.25, 0.3) is 0 Å². The van der Waals surface area contributed by atoms with Crippen LogP contribution in [0.4, 0.5) is 10.1 Å². The zero-order valence-electron chi connectivity index (χ0n) is 10.9. The number of nitrogens with zero attached hydrogens (tertiary/aromatic N) is 2. The molecule has 4 heteroatoms. The summed E-state index contributed by atoms with van der Waals surface area (Å²) in [5.74, 6) is -0.373. The van der Waals surface area contributed by atoms with Crippen LogP contribution in [0.2, 0.25) is 0 Å². The van der Waals surface area contributed by atoms with Gasteiger partial charge in [0.15, 0.2) is 0 Å². The van der Waals surface area contributed by atoms with Crippen molar-refractivity contribution in [3.63, 3.8) is 0 Å². The number of nitriles is 2. The molecule has 1 N–H and O–H groups in total. The lowest BCUT2D eigenvalue weighted by atomic mass is 10.1. The average Bonchev–Trinajstić information content (AvgIpc) is 2.46. The van der Waals surface area contributed by atoms with Gasteiger partial charge >= 0.3 is 0 Å². The molecule has 0 fully saturated rings. The molecule has 0 atom stereocenters. The number of halogens is 1. The maximum absolute atomic E-state index is 13.7. The summed E-state index contributed by atoms with van der Waals surface area (Å²) in [7, 11) is 0. The standard InChI is InChI=1S/C16H12FN3/c1-11-3-2-4-16(14(11)9-19)20-10-13-7-12(8-18)5-6-15(13)17/h2-7,20H,10H2,1H3. The van der Waals surface area contributed by atoms with Crippen molar-refractivity contribution in [2.75, 3.05) is 5.32 Å². The van der Waals surface area contributed by atoms with E-state index in [1.165, 1.54) is 18.2 Å². The Hall–Kier alpha value is -2.85. The first-order valence-corrected chi connectivity index (χ1v) is 6.08. The summed E-state index contributed by atoms with van der Waals surface area (Å²) < 4.78 is 13.7. The summed E-state index contributed by atoms with van der Waals surface area (Å²) >= 11 is 0. The minimum absolute atomic E-state index is 0.222. The van der Waals surface area contributed by atoms with Crippen molar-refractivity contribution >= 4 is 5.69 Å². The zero-order chi connectivity index (χ0) is 14.5. The second-order valence-corrected chi connectivity index (χ2v) is 4.38. The molecule has 2 aromatic rings. The molecule has 0 saturated carbocycles. The number of nitrogens with one attached hydrogen (secondary N) is 1. The molecule has 2 aromatic carbocycles. The van der Waals surface area contributed by atoms with E-state index in [-0.39, 0.29) is 12.4 Å². The van der Waals surface area contributed by atoms with Crippen LogP contribution in [0.1, 0.15) is 22.3 Å². The van der Waals surface area contributed by atoms with E-state index >= 15 is 0 Å². The smallest absolute Gasteiger partial charge is 0.128 e. The van der Waals surface area contributed by atoms with Crippen molar-refractivity contribution in [3.8, 4) is 12.1 Å². The first-order chi connectivity index (χ1) is 9.65. The normalized spacial score (nSPS) is 9.60. The van der Waals surface area contributed by atoms with Gasteiger partial charge in [0.05, 0.1) is 22.9 Å². The van der Waals surface area contributed by atoms with Crippen molar-refractivity contribution < 1.29 is 4.39 Å². The lowest BCUT2D eigenvalue weighted by Gasteiger charge is -2.10. The summed E-state index contributed by atoms with van der Waals surface area (Å²) in [6.07, 6.45) is 0. The third-order valence-corrected chi connectivity index (χ3v) is 3.03. The maximum atomic E-state index is 13.7. The number of anilines is 1. The van der Waals surface area contributed by atoms with Gasteiger partial charge in [-0.05, 0) is 36.8 Å². The van der Waals surface area contributed by atoms with E-state index in [1.54, 1.807) is 6.07 Å². The average molecular weight is 265 g/mol. The van der Waals surface area contributed by atoms with E-state index in [0.717, 1.165) is 5.56 Å². The highest BCUT2D eigenvalue weighted by Crippen LogP contribution is 2.20. The van der Waals surface area contributed by atoms with Gasteiger partial charge in [-0.25, -0.2) is 4.39 Å². The van der Waals surface area contributed by atoms with E-state index in [9.17, 15) is 4.39 Å². The fraction of sp³-hybridized carbons (Fsp3) is 0.125. The highest BCUT2D eigenvalue weighted by Gasteiger charge is 2.07. The van der Waals surface area contributed by atoms with Crippen molar-refractivity contribution in [3.05, 3.63) is 64.5 Å². The van der Waals surface area contributed by atoms with Crippen LogP contribution in [0.5, 0.6) is 0 Å². The van der Waals surface area contributed by atoms with Crippen LogP contribution in [0, 0.1) is 35.4 Å². The molecular formula is C16H12FN3. The molecule has 98 valence electrons. The van der Waals surface area contributed by atoms with Crippen LogP contribution in [-0.2, 0) is 6.54 Å². The molecule has 0 unspecified atom stereocenters. The third-order valence-electron chi connectivity index (χ3n) is 3.03. The highest BCUT2D eigenvalue weighted by atomic mass is 19.1. The fourth-order valence-corrected chi connectivity index (χ4v) is 1.93. The monoisotopic (exact) mass is 265 g/mol. The number of benzene rings is 2. The fourth-order valence-electron chi connectivity index (χ4n) is 1.93. The molecule has 0 heterocycles. The predicted molar refractivity (Wildman–Crippen MR) is 74.3 cm³/mol. The Bertz CT molecular complexity index is 723. The van der Waals surface area contributed by atoms with Crippen molar-refractivity contribution in [1.82, 2.24) is 0 Å². The van der Waals surface area contributed by atoms with E-state index in [4.69, 9.17) is 10.5 Å². The van der Waals surface area contributed by atoms with Crippen molar-refractivity contribution in [2.24, 2.45) is 0 Å². The van der Waals surface area contributed by atoms with Gasteiger partial charge in [-0.15, -0.1) is 0 Å². The van der Waals surface area contributed by atoms with Crippen LogP contribution >= 0.6 is 0 Å². The summed E-state index contributed by atoms with van der Waals surface area (Å²) in [6.45, 7) is 2.07. The Morgan fingerprint density at radius 3 is 2.65 bits per heavy atom. The number of hydrogen-bond acceptors (Lipinski definition) is 3. The van der Waals surface area contributed by atoms with Crippen LogP contribution in [-0.4, -0.2) is 0 Å². The van der Waals surface area contributed by atoms with Gasteiger partial charge in [-0.1, -0.05) is 12.1 Å². The minimum atomic E-state index is -0.373. The number of hydrogen-bond donors (Lipinski definition) is 1. The third kappa shape index (κ3) is 2.76. The zero-order valence-corrected chi connectivity index (χ0v) is 10.9. The van der Waals surface area contributed by atoms with Crippen molar-refractivity contribution in [1.29, 1.82) is 10.5 Å². The topological polar surface area (TPSA) is 59.6 Å². The van der Waals surface area contributed by atoms with Crippen molar-refractivity contribution in [2.45, 2.75) is 13.5 Å². The molecule has 2 rings (SSSR count). The maximum Gasteiger partial charge on any atom is 0.128 e. The summed E-state index contributed by atoms with van der Waals surface area (Å²) in [5.41, 5.74) is 2.88. The number of aryl methyl sites for hydroxylation is 1. The Morgan fingerprint density at radius 2 is 1.95 bits per heavy atom. The lowest BCUT2D eigenvalue weighted by Crippen LogP contribution is -2.04. The van der Waals surface area contributed by atoms with E-state index < -0.39 is 0 Å². The predicted octanol–water partition coefficient (Wildman–Crippen LogP) is 3.49. The highest BCUT2D eigenvalue weighted by molar-refractivity contribution is 5.60. The molecule has 0 aliphatic rings. The molecule has 0 aromatic heterocycles. The second kappa shape index (κ2) is 5.86. The molecule has 3 nitrogen and oxygen atoms in total. The quantitative estimate of drug-likeness (QED) is 0.924. The molecule has 0 aliphatic heterocycles. The van der Waals surface area contributed by atoms with Gasteiger partial charge in [-0.2, -0.15) is 10.5 Å². The Kier molecular flexibility index (Phi) is 3.98. The van der Waals surface area contributed by atoms with E-state index in [2.05, 4.69) is 11.4 Å². The molecule has 0 amide bonds. The van der Waals surface area contributed by atoms with Crippen LogP contribution in [0.3, 0.4) is 0 Å². The molecule has 0 spiro atoms. The Labute approximate surface area is 116 Å². The molecule has 0 radical (unpaired) electrons. The van der Waals surface area contributed by atoms with Gasteiger partial charge in [0.1, 0.15) is 11.9 Å². The van der Waals surface area contributed by atoms with Gasteiger partial charge in [-0.3, -0.25) is 0 Å².